The molecule has 1 aromatic rings. The average molecular weight is 301 g/mol. The number of carbonyl (C=O) groups excluding carboxylic acids is 1. The standard InChI is InChI=1S/C15H21F2NO3/c1-11(18(6-8-20-2)7-9-21-3)15(19)13-5-4-12(16)10-14(13)17/h4-5,10-11H,6-9H2,1-3H3. The Kier molecular flexibility index (Phi) is 7.42. The first-order valence-electron chi connectivity index (χ1n) is 6.72. The molecule has 1 rings (SSSR count). The van der Waals surface area contributed by atoms with E-state index in [4.69, 9.17) is 9.47 Å². The van der Waals surface area contributed by atoms with Crippen molar-refractivity contribution in [2.75, 3.05) is 40.5 Å². The van der Waals surface area contributed by atoms with Gasteiger partial charge in [-0.1, -0.05) is 0 Å². The van der Waals surface area contributed by atoms with Gasteiger partial charge in [0.05, 0.1) is 24.8 Å². The van der Waals surface area contributed by atoms with Crippen molar-refractivity contribution < 1.29 is 23.0 Å². The van der Waals surface area contributed by atoms with Crippen LogP contribution in [-0.2, 0) is 9.47 Å². The lowest BCUT2D eigenvalue weighted by Crippen LogP contribution is -2.43. The summed E-state index contributed by atoms with van der Waals surface area (Å²) < 4.78 is 36.6. The summed E-state index contributed by atoms with van der Waals surface area (Å²) in [6.07, 6.45) is 0. The third kappa shape index (κ3) is 5.15. The van der Waals surface area contributed by atoms with Gasteiger partial charge in [-0.25, -0.2) is 8.78 Å². The van der Waals surface area contributed by atoms with Gasteiger partial charge in [-0.3, -0.25) is 9.69 Å². The Bertz CT molecular complexity index is 460. The summed E-state index contributed by atoms with van der Waals surface area (Å²) in [7, 11) is 3.14. The van der Waals surface area contributed by atoms with Crippen LogP contribution >= 0.6 is 0 Å². The lowest BCUT2D eigenvalue weighted by molar-refractivity contribution is 0.0683. The van der Waals surface area contributed by atoms with E-state index in [2.05, 4.69) is 0 Å². The zero-order valence-electron chi connectivity index (χ0n) is 12.6. The number of rotatable bonds is 9. The molecule has 1 aromatic carbocycles. The van der Waals surface area contributed by atoms with Gasteiger partial charge in [-0.15, -0.1) is 0 Å². The van der Waals surface area contributed by atoms with Crippen LogP contribution in [0.2, 0.25) is 0 Å². The number of ketones is 1. The first-order valence-corrected chi connectivity index (χ1v) is 6.72. The minimum Gasteiger partial charge on any atom is -0.383 e. The van der Waals surface area contributed by atoms with Crippen molar-refractivity contribution in [2.45, 2.75) is 13.0 Å². The topological polar surface area (TPSA) is 38.8 Å². The number of Topliss-reactive ketones (excluding diaryl/α,β-unsaturated/α-hetero) is 1. The summed E-state index contributed by atoms with van der Waals surface area (Å²) in [5.74, 6) is -1.93. The maximum Gasteiger partial charge on any atom is 0.182 e. The second kappa shape index (κ2) is 8.81. The van der Waals surface area contributed by atoms with Crippen molar-refractivity contribution in [2.24, 2.45) is 0 Å². The first-order chi connectivity index (χ1) is 10.0. The van der Waals surface area contributed by atoms with Crippen LogP contribution < -0.4 is 0 Å². The van der Waals surface area contributed by atoms with Gasteiger partial charge in [0.25, 0.3) is 0 Å². The molecule has 0 aliphatic rings. The van der Waals surface area contributed by atoms with E-state index in [0.29, 0.717) is 32.4 Å². The molecule has 118 valence electrons. The van der Waals surface area contributed by atoms with Crippen LogP contribution in [0.5, 0.6) is 0 Å². The highest BCUT2D eigenvalue weighted by Gasteiger charge is 2.24. The van der Waals surface area contributed by atoms with Crippen molar-refractivity contribution in [3.63, 3.8) is 0 Å². The highest BCUT2D eigenvalue weighted by atomic mass is 19.1. The number of methoxy groups -OCH3 is 2. The average Bonchev–Trinajstić information content (AvgIpc) is 2.46. The molecule has 4 nitrogen and oxygen atoms in total. The first kappa shape index (κ1) is 17.7. The third-order valence-corrected chi connectivity index (χ3v) is 3.29. The predicted octanol–water partition coefficient (Wildman–Crippen LogP) is 2.13. The summed E-state index contributed by atoms with van der Waals surface area (Å²) in [5, 5.41) is 0. The number of hydrogen-bond donors (Lipinski definition) is 0. The fourth-order valence-electron chi connectivity index (χ4n) is 2.00. The summed E-state index contributed by atoms with van der Waals surface area (Å²) in [5.41, 5.74) is -0.108. The van der Waals surface area contributed by atoms with E-state index in [0.717, 1.165) is 6.07 Å². The van der Waals surface area contributed by atoms with Gasteiger partial charge >= 0.3 is 0 Å². The van der Waals surface area contributed by atoms with Gasteiger partial charge < -0.3 is 9.47 Å². The van der Waals surface area contributed by atoms with Crippen molar-refractivity contribution >= 4 is 5.78 Å². The number of nitrogens with zero attached hydrogens (tertiary/aromatic N) is 1. The van der Waals surface area contributed by atoms with Crippen LogP contribution in [0.1, 0.15) is 17.3 Å². The zero-order chi connectivity index (χ0) is 15.8. The molecule has 0 aliphatic carbocycles. The molecule has 0 aliphatic heterocycles. The Hall–Kier alpha value is -1.37. The lowest BCUT2D eigenvalue weighted by atomic mass is 10.0. The fourth-order valence-corrected chi connectivity index (χ4v) is 2.00. The quantitative estimate of drug-likeness (QED) is 0.655. The fraction of sp³-hybridized carbons (Fsp3) is 0.533. The van der Waals surface area contributed by atoms with Gasteiger partial charge in [-0.2, -0.15) is 0 Å². The molecular formula is C15H21F2NO3. The van der Waals surface area contributed by atoms with Crippen molar-refractivity contribution in [3.05, 3.63) is 35.4 Å². The molecule has 6 heteroatoms. The van der Waals surface area contributed by atoms with Crippen molar-refractivity contribution in [1.29, 1.82) is 0 Å². The highest BCUT2D eigenvalue weighted by molar-refractivity contribution is 6.00. The van der Waals surface area contributed by atoms with Crippen LogP contribution in [0.4, 0.5) is 8.78 Å². The summed E-state index contributed by atoms with van der Waals surface area (Å²) >= 11 is 0. The molecule has 0 saturated carbocycles. The largest absolute Gasteiger partial charge is 0.383 e. The lowest BCUT2D eigenvalue weighted by Gasteiger charge is -2.27. The number of hydrogen-bond acceptors (Lipinski definition) is 4. The molecular weight excluding hydrogens is 280 g/mol. The summed E-state index contributed by atoms with van der Waals surface area (Å²) in [4.78, 5) is 14.2. The third-order valence-electron chi connectivity index (χ3n) is 3.29. The molecule has 0 amide bonds. The van der Waals surface area contributed by atoms with Gasteiger partial charge in [0, 0.05) is 33.4 Å². The van der Waals surface area contributed by atoms with Gasteiger partial charge in [-0.05, 0) is 19.1 Å². The monoisotopic (exact) mass is 301 g/mol. The van der Waals surface area contributed by atoms with Crippen LogP contribution in [0.15, 0.2) is 18.2 Å². The van der Waals surface area contributed by atoms with Crippen LogP contribution in [0.3, 0.4) is 0 Å². The number of halogens is 2. The zero-order valence-corrected chi connectivity index (χ0v) is 12.6. The van der Waals surface area contributed by atoms with Crippen LogP contribution in [-0.4, -0.2) is 57.2 Å². The SMILES string of the molecule is COCCN(CCOC)C(C)C(=O)c1ccc(F)cc1F. The number of ether oxygens (including phenoxy) is 2. The molecule has 0 bridgehead atoms. The Balaban J connectivity index is 2.85. The molecule has 1 unspecified atom stereocenters. The molecule has 0 spiro atoms. The molecule has 0 aromatic heterocycles. The van der Waals surface area contributed by atoms with E-state index < -0.39 is 17.7 Å². The molecule has 0 saturated heterocycles. The normalized spacial score (nSPS) is 12.7. The maximum absolute atomic E-state index is 13.7. The Morgan fingerprint density at radius 3 is 2.24 bits per heavy atom. The Labute approximate surface area is 123 Å². The van der Waals surface area contributed by atoms with E-state index in [1.807, 2.05) is 4.90 Å². The number of benzene rings is 1. The van der Waals surface area contributed by atoms with E-state index in [9.17, 15) is 13.6 Å². The smallest absolute Gasteiger partial charge is 0.182 e. The Morgan fingerprint density at radius 1 is 1.19 bits per heavy atom. The van der Waals surface area contributed by atoms with Gasteiger partial charge in [0.15, 0.2) is 5.78 Å². The molecule has 21 heavy (non-hydrogen) atoms. The number of carbonyl (C=O) groups is 1. The maximum atomic E-state index is 13.7. The van der Waals surface area contributed by atoms with Crippen LogP contribution in [0, 0.1) is 11.6 Å². The molecule has 0 fully saturated rings. The molecule has 1 atom stereocenters. The van der Waals surface area contributed by atoms with E-state index in [-0.39, 0.29) is 11.3 Å². The van der Waals surface area contributed by atoms with Crippen molar-refractivity contribution in [1.82, 2.24) is 4.90 Å². The molecule has 0 heterocycles. The highest BCUT2D eigenvalue weighted by Crippen LogP contribution is 2.14. The minimum atomic E-state index is -0.842. The molecule has 0 radical (unpaired) electrons. The predicted molar refractivity (Wildman–Crippen MR) is 75.5 cm³/mol. The summed E-state index contributed by atoms with van der Waals surface area (Å²) in [6, 6.07) is 2.43. The van der Waals surface area contributed by atoms with E-state index >= 15 is 0 Å². The molecule has 0 N–H and O–H groups in total. The summed E-state index contributed by atoms with van der Waals surface area (Å²) in [6.45, 7) is 3.64. The van der Waals surface area contributed by atoms with Crippen molar-refractivity contribution in [3.8, 4) is 0 Å². The van der Waals surface area contributed by atoms with Gasteiger partial charge in [0.1, 0.15) is 11.6 Å². The Morgan fingerprint density at radius 2 is 1.76 bits per heavy atom. The van der Waals surface area contributed by atoms with Crippen LogP contribution in [0.25, 0.3) is 0 Å². The minimum absolute atomic E-state index is 0.108. The second-order valence-corrected chi connectivity index (χ2v) is 4.69. The van der Waals surface area contributed by atoms with E-state index in [1.165, 1.54) is 6.07 Å². The van der Waals surface area contributed by atoms with Gasteiger partial charge in [0.2, 0.25) is 0 Å². The second-order valence-electron chi connectivity index (χ2n) is 4.69. The van der Waals surface area contributed by atoms with E-state index in [1.54, 1.807) is 21.1 Å².